The van der Waals surface area contributed by atoms with E-state index >= 15 is 0 Å². The maximum atomic E-state index is 6.20. The average molecular weight is 305 g/mol. The Bertz CT molecular complexity index is 945. The molecule has 4 rings (SSSR count). The van der Waals surface area contributed by atoms with E-state index < -0.39 is 0 Å². The van der Waals surface area contributed by atoms with Gasteiger partial charge in [0.1, 0.15) is 0 Å². The van der Waals surface area contributed by atoms with E-state index in [9.17, 15) is 0 Å². The van der Waals surface area contributed by atoms with Crippen LogP contribution in [-0.2, 0) is 0 Å². The molecule has 0 atom stereocenters. The normalized spacial score (nSPS) is 11.7. The fourth-order valence-corrected chi connectivity index (χ4v) is 2.91. The van der Waals surface area contributed by atoms with Crippen molar-refractivity contribution >= 4 is 39.6 Å². The molecule has 0 saturated carbocycles. The molecule has 106 valence electrons. The molecular weight excluding hydrogens is 292 g/mol. The lowest BCUT2D eigenvalue weighted by atomic mass is 10.2. The quantitative estimate of drug-likeness (QED) is 0.445. The molecule has 0 spiro atoms. The molecule has 0 amide bonds. The first kappa shape index (κ1) is 13.1. The Morgan fingerprint density at radius 1 is 0.727 bits per heavy atom. The number of benzene rings is 3. The van der Waals surface area contributed by atoms with Crippen LogP contribution >= 0.6 is 11.6 Å². The number of hydrogen-bond acceptors (Lipinski definition) is 1. The summed E-state index contributed by atoms with van der Waals surface area (Å²) < 4.78 is 1.97. The van der Waals surface area contributed by atoms with Crippen molar-refractivity contribution in [3.8, 4) is 0 Å². The van der Waals surface area contributed by atoms with Gasteiger partial charge in [-0.1, -0.05) is 66.2 Å². The maximum absolute atomic E-state index is 6.20. The van der Waals surface area contributed by atoms with Crippen LogP contribution in [0.1, 0.15) is 5.56 Å². The van der Waals surface area contributed by atoms with Gasteiger partial charge >= 0.3 is 0 Å². The highest BCUT2D eigenvalue weighted by Crippen LogP contribution is 2.28. The van der Waals surface area contributed by atoms with Gasteiger partial charge in [0.05, 0.1) is 17.2 Å². The van der Waals surface area contributed by atoms with Crippen molar-refractivity contribution in [3.05, 3.63) is 83.4 Å². The number of halogens is 1. The van der Waals surface area contributed by atoms with Gasteiger partial charge in [0.2, 0.25) is 0 Å². The highest BCUT2D eigenvalue weighted by atomic mass is 35.5. The molecule has 4 aromatic rings. The molecule has 0 N–H and O–H groups in total. The van der Waals surface area contributed by atoms with E-state index in [1.54, 1.807) is 6.21 Å². The van der Waals surface area contributed by atoms with Gasteiger partial charge in [0.25, 0.3) is 0 Å². The van der Waals surface area contributed by atoms with Crippen LogP contribution in [0.3, 0.4) is 0 Å². The molecule has 0 fully saturated rings. The lowest BCUT2D eigenvalue weighted by molar-refractivity contribution is 0.975. The number of nitrogens with zero attached hydrogens (tertiary/aromatic N) is 2. The number of hydrogen-bond donors (Lipinski definition) is 0. The van der Waals surface area contributed by atoms with Crippen LogP contribution < -0.4 is 0 Å². The summed E-state index contributed by atoms with van der Waals surface area (Å²) in [6.07, 6.45) is 1.81. The number of fused-ring (bicyclic) bond motifs is 3. The van der Waals surface area contributed by atoms with Gasteiger partial charge < -0.3 is 0 Å². The number of rotatable bonds is 2. The van der Waals surface area contributed by atoms with Crippen LogP contribution in [0.5, 0.6) is 0 Å². The monoisotopic (exact) mass is 304 g/mol. The number of aromatic nitrogens is 1. The molecule has 0 bridgehead atoms. The lowest BCUT2D eigenvalue weighted by Crippen LogP contribution is -1.91. The van der Waals surface area contributed by atoms with Gasteiger partial charge in [-0.25, -0.2) is 4.68 Å². The molecule has 0 unspecified atom stereocenters. The standard InChI is InChI=1S/C19H13ClN2/c20-17-10-4-1-7-14(17)13-21-22-18-11-5-2-8-15(18)16-9-3-6-12-19(16)22/h1-13H/b21-13+. The fourth-order valence-electron chi connectivity index (χ4n) is 2.73. The maximum Gasteiger partial charge on any atom is 0.0732 e. The summed E-state index contributed by atoms with van der Waals surface area (Å²) in [6, 6.07) is 24.3. The minimum absolute atomic E-state index is 0.701. The third-order valence-corrected chi connectivity index (χ3v) is 4.12. The van der Waals surface area contributed by atoms with Crippen molar-refractivity contribution in [2.45, 2.75) is 0 Å². The zero-order chi connectivity index (χ0) is 14.9. The Morgan fingerprint density at radius 2 is 1.27 bits per heavy atom. The van der Waals surface area contributed by atoms with E-state index in [-0.39, 0.29) is 0 Å². The van der Waals surface area contributed by atoms with Crippen LogP contribution in [0.15, 0.2) is 77.9 Å². The largest absolute Gasteiger partial charge is 0.232 e. The van der Waals surface area contributed by atoms with Crippen LogP contribution in [0.2, 0.25) is 5.02 Å². The van der Waals surface area contributed by atoms with Crippen molar-refractivity contribution < 1.29 is 0 Å². The molecule has 1 aromatic heterocycles. The Kier molecular flexibility index (Phi) is 3.17. The van der Waals surface area contributed by atoms with Crippen molar-refractivity contribution in [1.82, 2.24) is 4.68 Å². The van der Waals surface area contributed by atoms with Gasteiger partial charge in [0, 0.05) is 21.4 Å². The second kappa shape index (κ2) is 5.32. The number of para-hydroxylation sites is 2. The van der Waals surface area contributed by atoms with Crippen LogP contribution in [0.25, 0.3) is 21.8 Å². The third-order valence-electron chi connectivity index (χ3n) is 3.77. The van der Waals surface area contributed by atoms with Gasteiger partial charge in [-0.2, -0.15) is 5.10 Å². The summed E-state index contributed by atoms with van der Waals surface area (Å²) in [5, 5.41) is 7.77. The molecule has 0 radical (unpaired) electrons. The minimum Gasteiger partial charge on any atom is -0.232 e. The summed E-state index contributed by atoms with van der Waals surface area (Å²) in [5.41, 5.74) is 3.09. The molecular formula is C19H13ClN2. The van der Waals surface area contributed by atoms with E-state index in [4.69, 9.17) is 11.6 Å². The fraction of sp³-hybridized carbons (Fsp3) is 0. The Balaban J connectivity index is 1.95. The zero-order valence-corrected chi connectivity index (χ0v) is 12.5. The predicted octanol–water partition coefficient (Wildman–Crippen LogP) is 5.33. The van der Waals surface area contributed by atoms with E-state index in [0.29, 0.717) is 5.02 Å². The van der Waals surface area contributed by atoms with Crippen LogP contribution in [-0.4, -0.2) is 10.9 Å². The minimum atomic E-state index is 0.701. The molecule has 3 aromatic carbocycles. The summed E-state index contributed by atoms with van der Waals surface area (Å²) >= 11 is 6.20. The topological polar surface area (TPSA) is 17.3 Å². The summed E-state index contributed by atoms with van der Waals surface area (Å²) in [7, 11) is 0. The highest BCUT2D eigenvalue weighted by Gasteiger charge is 2.08. The van der Waals surface area contributed by atoms with Crippen molar-refractivity contribution in [3.63, 3.8) is 0 Å². The Morgan fingerprint density at radius 3 is 1.91 bits per heavy atom. The summed E-state index contributed by atoms with van der Waals surface area (Å²) in [5.74, 6) is 0. The predicted molar refractivity (Wildman–Crippen MR) is 93.9 cm³/mol. The van der Waals surface area contributed by atoms with E-state index in [1.165, 1.54) is 10.8 Å². The Labute approximate surface area is 133 Å². The third kappa shape index (κ3) is 2.09. The second-order valence-corrected chi connectivity index (χ2v) is 5.52. The van der Waals surface area contributed by atoms with Gasteiger partial charge in [-0.15, -0.1) is 0 Å². The molecule has 0 saturated heterocycles. The van der Waals surface area contributed by atoms with Gasteiger partial charge in [-0.3, -0.25) is 0 Å². The molecule has 2 nitrogen and oxygen atoms in total. The summed E-state index contributed by atoms with van der Waals surface area (Å²) in [6.45, 7) is 0. The average Bonchev–Trinajstić information content (AvgIpc) is 2.89. The molecule has 0 aliphatic rings. The van der Waals surface area contributed by atoms with E-state index in [2.05, 4.69) is 41.5 Å². The molecule has 3 heteroatoms. The second-order valence-electron chi connectivity index (χ2n) is 5.11. The molecule has 0 aliphatic heterocycles. The zero-order valence-electron chi connectivity index (χ0n) is 11.8. The molecule has 0 aliphatic carbocycles. The summed E-state index contributed by atoms with van der Waals surface area (Å²) in [4.78, 5) is 0. The smallest absolute Gasteiger partial charge is 0.0732 e. The lowest BCUT2D eigenvalue weighted by Gasteiger charge is -2.00. The van der Waals surface area contributed by atoms with Crippen LogP contribution in [0.4, 0.5) is 0 Å². The first-order valence-corrected chi connectivity index (χ1v) is 7.49. The first-order valence-electron chi connectivity index (χ1n) is 7.12. The van der Waals surface area contributed by atoms with E-state index in [0.717, 1.165) is 16.6 Å². The van der Waals surface area contributed by atoms with Crippen molar-refractivity contribution in [1.29, 1.82) is 0 Å². The van der Waals surface area contributed by atoms with Crippen LogP contribution in [0, 0.1) is 0 Å². The van der Waals surface area contributed by atoms with Crippen molar-refractivity contribution in [2.24, 2.45) is 5.10 Å². The van der Waals surface area contributed by atoms with Gasteiger partial charge in [-0.05, 0) is 18.2 Å². The molecule has 22 heavy (non-hydrogen) atoms. The van der Waals surface area contributed by atoms with Gasteiger partial charge in [0.15, 0.2) is 0 Å². The Hall–Kier alpha value is -2.58. The highest BCUT2D eigenvalue weighted by molar-refractivity contribution is 6.33. The SMILES string of the molecule is Clc1ccccc1/C=N/n1c2ccccc2c2ccccc21. The van der Waals surface area contributed by atoms with E-state index in [1.807, 2.05) is 41.1 Å². The first-order chi connectivity index (χ1) is 10.8. The van der Waals surface area contributed by atoms with Crippen molar-refractivity contribution in [2.75, 3.05) is 0 Å². The molecule has 1 heterocycles.